The highest BCUT2D eigenvalue weighted by molar-refractivity contribution is 6.31. The number of nitrogens with zero attached hydrogens (tertiary/aromatic N) is 1. The van der Waals surface area contributed by atoms with E-state index in [0.717, 1.165) is 5.56 Å². The van der Waals surface area contributed by atoms with Crippen molar-refractivity contribution in [2.45, 2.75) is 13.5 Å². The van der Waals surface area contributed by atoms with Crippen LogP contribution in [0.1, 0.15) is 22.8 Å². The molecule has 2 aromatic rings. The van der Waals surface area contributed by atoms with Crippen molar-refractivity contribution in [3.63, 3.8) is 0 Å². The lowest BCUT2D eigenvalue weighted by Gasteiger charge is -2.22. The minimum absolute atomic E-state index is 0.0591. The van der Waals surface area contributed by atoms with Gasteiger partial charge in [0.05, 0.1) is 5.02 Å². The number of halogens is 2. The molecule has 0 unspecified atom stereocenters. The Kier molecular flexibility index (Phi) is 4.81. The number of carbonyl (C=O) groups is 1. The predicted molar refractivity (Wildman–Crippen MR) is 82.7 cm³/mol. The molecule has 0 radical (unpaired) electrons. The van der Waals surface area contributed by atoms with Crippen LogP contribution in [0.4, 0.5) is 10.1 Å². The summed E-state index contributed by atoms with van der Waals surface area (Å²) in [5, 5.41) is -0.0591. The Morgan fingerprint density at radius 2 is 2.00 bits per heavy atom. The van der Waals surface area contributed by atoms with E-state index >= 15 is 0 Å². The third-order valence-electron chi connectivity index (χ3n) is 3.25. The maximum atomic E-state index is 13.2. The fraction of sp³-hybridized carbons (Fsp3) is 0.188. The van der Waals surface area contributed by atoms with E-state index in [0.29, 0.717) is 24.3 Å². The zero-order valence-electron chi connectivity index (χ0n) is 11.6. The van der Waals surface area contributed by atoms with E-state index in [2.05, 4.69) is 0 Å². The zero-order chi connectivity index (χ0) is 15.4. The Morgan fingerprint density at radius 1 is 1.29 bits per heavy atom. The number of hydrogen-bond acceptors (Lipinski definition) is 2. The molecule has 2 rings (SSSR count). The van der Waals surface area contributed by atoms with Gasteiger partial charge < -0.3 is 10.6 Å². The summed E-state index contributed by atoms with van der Waals surface area (Å²) in [5.74, 6) is -0.744. The van der Waals surface area contributed by atoms with Crippen molar-refractivity contribution < 1.29 is 9.18 Å². The monoisotopic (exact) mass is 306 g/mol. The van der Waals surface area contributed by atoms with Crippen molar-refractivity contribution in [3.05, 3.63) is 64.4 Å². The number of para-hydroxylation sites is 1. The van der Waals surface area contributed by atoms with E-state index in [1.807, 2.05) is 25.1 Å². The molecule has 110 valence electrons. The topological polar surface area (TPSA) is 46.3 Å². The second kappa shape index (κ2) is 6.59. The van der Waals surface area contributed by atoms with Gasteiger partial charge in [-0.1, -0.05) is 29.8 Å². The van der Waals surface area contributed by atoms with Crippen LogP contribution in [-0.2, 0) is 6.54 Å². The molecule has 2 aromatic carbocycles. The van der Waals surface area contributed by atoms with Gasteiger partial charge >= 0.3 is 0 Å². The molecule has 0 fully saturated rings. The van der Waals surface area contributed by atoms with Crippen LogP contribution in [0.15, 0.2) is 42.5 Å². The quantitative estimate of drug-likeness (QED) is 0.875. The molecule has 1 amide bonds. The van der Waals surface area contributed by atoms with Crippen molar-refractivity contribution >= 4 is 23.2 Å². The average molecular weight is 307 g/mol. The molecule has 0 saturated carbocycles. The Balaban J connectivity index is 2.22. The highest BCUT2D eigenvalue weighted by Crippen LogP contribution is 2.19. The van der Waals surface area contributed by atoms with Gasteiger partial charge in [0, 0.05) is 24.3 Å². The third-order valence-corrected chi connectivity index (χ3v) is 3.54. The predicted octanol–water partition coefficient (Wildman–Crippen LogP) is 3.72. The van der Waals surface area contributed by atoms with Crippen LogP contribution in [0.2, 0.25) is 5.02 Å². The van der Waals surface area contributed by atoms with Crippen molar-refractivity contribution in [2.75, 3.05) is 12.3 Å². The molecular formula is C16H16ClFN2O. The summed E-state index contributed by atoms with van der Waals surface area (Å²) < 4.78 is 13.2. The molecule has 0 atom stereocenters. The van der Waals surface area contributed by atoms with Crippen LogP contribution < -0.4 is 5.73 Å². The molecule has 0 aliphatic heterocycles. The van der Waals surface area contributed by atoms with Crippen molar-refractivity contribution in [1.82, 2.24) is 4.90 Å². The number of anilines is 1. The van der Waals surface area contributed by atoms with Crippen LogP contribution in [0.5, 0.6) is 0 Å². The van der Waals surface area contributed by atoms with Gasteiger partial charge in [0.15, 0.2) is 0 Å². The average Bonchev–Trinajstić information content (AvgIpc) is 2.48. The normalized spacial score (nSPS) is 10.4. The molecule has 0 aliphatic carbocycles. The first-order valence-corrected chi connectivity index (χ1v) is 6.98. The summed E-state index contributed by atoms with van der Waals surface area (Å²) in [4.78, 5) is 14.1. The van der Waals surface area contributed by atoms with E-state index in [9.17, 15) is 9.18 Å². The van der Waals surface area contributed by atoms with Crippen molar-refractivity contribution in [3.8, 4) is 0 Å². The van der Waals surface area contributed by atoms with Gasteiger partial charge in [-0.2, -0.15) is 0 Å². The largest absolute Gasteiger partial charge is 0.398 e. The molecule has 2 N–H and O–H groups in total. The number of nitrogen functional groups attached to an aromatic ring is 1. The zero-order valence-corrected chi connectivity index (χ0v) is 12.4. The maximum absolute atomic E-state index is 13.2. The lowest BCUT2D eigenvalue weighted by molar-refractivity contribution is 0.0753. The maximum Gasteiger partial charge on any atom is 0.254 e. The van der Waals surface area contributed by atoms with Crippen LogP contribution in [0.25, 0.3) is 0 Å². The molecule has 3 nitrogen and oxygen atoms in total. The Morgan fingerprint density at radius 3 is 2.62 bits per heavy atom. The van der Waals surface area contributed by atoms with E-state index in [4.69, 9.17) is 17.3 Å². The summed E-state index contributed by atoms with van der Waals surface area (Å²) in [6, 6.07) is 11.4. The Hall–Kier alpha value is -2.07. The van der Waals surface area contributed by atoms with E-state index < -0.39 is 5.82 Å². The molecule has 0 spiro atoms. The van der Waals surface area contributed by atoms with Gasteiger partial charge in [0.25, 0.3) is 5.91 Å². The lowest BCUT2D eigenvalue weighted by atomic mass is 10.1. The van der Waals surface area contributed by atoms with Crippen LogP contribution >= 0.6 is 11.6 Å². The summed E-state index contributed by atoms with van der Waals surface area (Å²) in [6.07, 6.45) is 0. The first-order valence-electron chi connectivity index (χ1n) is 6.60. The lowest BCUT2D eigenvalue weighted by Crippen LogP contribution is -2.30. The fourth-order valence-corrected chi connectivity index (χ4v) is 2.20. The van der Waals surface area contributed by atoms with Gasteiger partial charge in [-0.3, -0.25) is 4.79 Å². The van der Waals surface area contributed by atoms with Crippen LogP contribution in [-0.4, -0.2) is 17.4 Å². The number of rotatable bonds is 4. The molecule has 21 heavy (non-hydrogen) atoms. The number of nitrogens with two attached hydrogens (primary N) is 1. The second-order valence-corrected chi connectivity index (χ2v) is 5.05. The molecule has 0 saturated heterocycles. The third kappa shape index (κ3) is 3.52. The summed E-state index contributed by atoms with van der Waals surface area (Å²) >= 11 is 5.73. The molecule has 0 bridgehead atoms. The van der Waals surface area contributed by atoms with Gasteiger partial charge in [0.1, 0.15) is 5.82 Å². The standard InChI is InChI=1S/C16H16ClFN2O/c1-2-20(10-12-5-3-4-6-15(12)19)16(21)11-7-8-14(18)13(17)9-11/h3-9H,2,10,19H2,1H3. The number of amides is 1. The van der Waals surface area contributed by atoms with Crippen LogP contribution in [0.3, 0.4) is 0 Å². The highest BCUT2D eigenvalue weighted by Gasteiger charge is 2.16. The number of carbonyl (C=O) groups excluding carboxylic acids is 1. The molecule has 0 aromatic heterocycles. The fourth-order valence-electron chi connectivity index (χ4n) is 2.02. The number of hydrogen-bond donors (Lipinski definition) is 1. The van der Waals surface area contributed by atoms with Crippen molar-refractivity contribution in [2.24, 2.45) is 0 Å². The van der Waals surface area contributed by atoms with Gasteiger partial charge in [-0.15, -0.1) is 0 Å². The Labute approximate surface area is 128 Å². The van der Waals surface area contributed by atoms with Gasteiger partial charge in [-0.25, -0.2) is 4.39 Å². The first-order chi connectivity index (χ1) is 10.0. The minimum Gasteiger partial charge on any atom is -0.398 e. The van der Waals surface area contributed by atoms with Gasteiger partial charge in [0.2, 0.25) is 0 Å². The van der Waals surface area contributed by atoms with Crippen LogP contribution in [0, 0.1) is 5.82 Å². The van der Waals surface area contributed by atoms with E-state index in [1.165, 1.54) is 18.2 Å². The highest BCUT2D eigenvalue weighted by atomic mass is 35.5. The smallest absolute Gasteiger partial charge is 0.254 e. The first kappa shape index (κ1) is 15.3. The van der Waals surface area contributed by atoms with E-state index in [1.54, 1.807) is 11.0 Å². The molecule has 5 heteroatoms. The summed E-state index contributed by atoms with van der Waals surface area (Å²) in [6.45, 7) is 2.79. The Bertz CT molecular complexity index is 660. The van der Waals surface area contributed by atoms with E-state index in [-0.39, 0.29) is 10.9 Å². The molecule has 0 aliphatic rings. The summed E-state index contributed by atoms with van der Waals surface area (Å²) in [5.41, 5.74) is 7.77. The number of benzene rings is 2. The summed E-state index contributed by atoms with van der Waals surface area (Å²) in [7, 11) is 0. The molecule has 0 heterocycles. The molecular weight excluding hydrogens is 291 g/mol. The van der Waals surface area contributed by atoms with Gasteiger partial charge in [-0.05, 0) is 36.8 Å². The van der Waals surface area contributed by atoms with Crippen molar-refractivity contribution in [1.29, 1.82) is 0 Å². The second-order valence-electron chi connectivity index (χ2n) is 4.65. The minimum atomic E-state index is -0.538. The SMILES string of the molecule is CCN(Cc1ccccc1N)C(=O)c1ccc(F)c(Cl)c1.